The molecule has 1 saturated carbocycles. The van der Waals surface area contributed by atoms with Crippen LogP contribution in [0.2, 0.25) is 0 Å². The number of rotatable bonds is 5. The highest BCUT2D eigenvalue weighted by atomic mass is 79.9. The fourth-order valence-corrected chi connectivity index (χ4v) is 3.95. The topological polar surface area (TPSA) is 29.3 Å². The minimum Gasteiger partial charge on any atom is -0.330 e. The standard InChI is InChI=1S/C16H24Br2N2/c1-2-20(16-6-4-3-5-13(16)10-19)11-12-7-8-14(17)15(18)9-12/h7-9,13,16H,2-6,10-11,19H2,1H3. The van der Waals surface area contributed by atoms with Gasteiger partial charge in [-0.3, -0.25) is 4.90 Å². The first-order valence-corrected chi connectivity index (χ1v) is 9.12. The summed E-state index contributed by atoms with van der Waals surface area (Å²) in [6.45, 7) is 5.19. The fraction of sp³-hybridized carbons (Fsp3) is 0.625. The fourth-order valence-electron chi connectivity index (χ4n) is 3.28. The summed E-state index contributed by atoms with van der Waals surface area (Å²) in [5.41, 5.74) is 7.35. The summed E-state index contributed by atoms with van der Waals surface area (Å²) >= 11 is 7.13. The lowest BCUT2D eigenvalue weighted by molar-refractivity contribution is 0.105. The lowest BCUT2D eigenvalue weighted by Crippen LogP contribution is -2.44. The molecular formula is C16H24Br2N2. The van der Waals surface area contributed by atoms with Gasteiger partial charge in [-0.05, 0) is 81.4 Å². The third-order valence-electron chi connectivity index (χ3n) is 4.42. The Kier molecular flexibility index (Phi) is 6.53. The Hall–Kier alpha value is 0.1000. The number of hydrogen-bond acceptors (Lipinski definition) is 2. The number of benzene rings is 1. The van der Waals surface area contributed by atoms with Gasteiger partial charge in [0.15, 0.2) is 0 Å². The average Bonchev–Trinajstić information content (AvgIpc) is 2.48. The molecule has 112 valence electrons. The van der Waals surface area contributed by atoms with E-state index in [0.29, 0.717) is 12.0 Å². The van der Waals surface area contributed by atoms with Crippen LogP contribution in [-0.2, 0) is 6.54 Å². The van der Waals surface area contributed by atoms with Crippen molar-refractivity contribution in [2.75, 3.05) is 13.1 Å². The molecule has 4 heteroatoms. The molecule has 1 aliphatic carbocycles. The highest BCUT2D eigenvalue weighted by Crippen LogP contribution is 2.30. The van der Waals surface area contributed by atoms with Crippen LogP contribution in [0.25, 0.3) is 0 Å². The van der Waals surface area contributed by atoms with Crippen molar-refractivity contribution in [1.29, 1.82) is 0 Å². The molecule has 2 rings (SSSR count). The smallest absolute Gasteiger partial charge is 0.0320 e. The third-order valence-corrected chi connectivity index (χ3v) is 6.30. The summed E-state index contributed by atoms with van der Waals surface area (Å²) in [6, 6.07) is 7.19. The molecule has 2 unspecified atom stereocenters. The van der Waals surface area contributed by atoms with Crippen LogP contribution in [-0.4, -0.2) is 24.0 Å². The van der Waals surface area contributed by atoms with Gasteiger partial charge in [-0.2, -0.15) is 0 Å². The zero-order valence-corrected chi connectivity index (χ0v) is 15.3. The quantitative estimate of drug-likeness (QED) is 0.781. The molecule has 1 aromatic carbocycles. The molecule has 2 N–H and O–H groups in total. The summed E-state index contributed by atoms with van der Waals surface area (Å²) in [6.07, 6.45) is 5.29. The SMILES string of the molecule is CCN(Cc1ccc(Br)c(Br)c1)C1CCCCC1CN. The summed E-state index contributed by atoms with van der Waals surface area (Å²) in [5.74, 6) is 0.669. The monoisotopic (exact) mass is 402 g/mol. The summed E-state index contributed by atoms with van der Waals surface area (Å²) in [5, 5.41) is 0. The molecule has 0 aromatic heterocycles. The van der Waals surface area contributed by atoms with Gasteiger partial charge in [-0.25, -0.2) is 0 Å². The van der Waals surface area contributed by atoms with E-state index in [1.807, 2.05) is 0 Å². The van der Waals surface area contributed by atoms with Crippen molar-refractivity contribution in [3.8, 4) is 0 Å². The van der Waals surface area contributed by atoms with Crippen molar-refractivity contribution in [2.45, 2.75) is 45.2 Å². The molecule has 0 bridgehead atoms. The van der Waals surface area contributed by atoms with E-state index < -0.39 is 0 Å². The molecule has 2 atom stereocenters. The van der Waals surface area contributed by atoms with Crippen LogP contribution in [0.5, 0.6) is 0 Å². The summed E-state index contributed by atoms with van der Waals surface area (Å²) in [4.78, 5) is 2.60. The minimum absolute atomic E-state index is 0.654. The van der Waals surface area contributed by atoms with E-state index in [4.69, 9.17) is 5.73 Å². The molecule has 1 fully saturated rings. The maximum atomic E-state index is 5.98. The lowest BCUT2D eigenvalue weighted by Gasteiger charge is -2.39. The van der Waals surface area contributed by atoms with Crippen molar-refractivity contribution in [1.82, 2.24) is 4.90 Å². The van der Waals surface area contributed by atoms with Crippen molar-refractivity contribution in [2.24, 2.45) is 11.7 Å². The van der Waals surface area contributed by atoms with Gasteiger partial charge in [0.25, 0.3) is 0 Å². The van der Waals surface area contributed by atoms with Crippen molar-refractivity contribution in [3.63, 3.8) is 0 Å². The van der Waals surface area contributed by atoms with Crippen molar-refractivity contribution >= 4 is 31.9 Å². The Labute approximate surface area is 139 Å². The largest absolute Gasteiger partial charge is 0.330 e. The van der Waals surface area contributed by atoms with Crippen LogP contribution in [0, 0.1) is 5.92 Å². The van der Waals surface area contributed by atoms with Gasteiger partial charge in [0.05, 0.1) is 0 Å². The van der Waals surface area contributed by atoms with Gasteiger partial charge in [-0.1, -0.05) is 25.8 Å². The highest BCUT2D eigenvalue weighted by Gasteiger charge is 2.28. The molecule has 1 aliphatic rings. The van der Waals surface area contributed by atoms with Gasteiger partial charge < -0.3 is 5.73 Å². The van der Waals surface area contributed by atoms with E-state index in [9.17, 15) is 0 Å². The van der Waals surface area contributed by atoms with E-state index >= 15 is 0 Å². The van der Waals surface area contributed by atoms with Gasteiger partial charge >= 0.3 is 0 Å². The molecule has 0 saturated heterocycles. The number of nitrogens with zero attached hydrogens (tertiary/aromatic N) is 1. The molecule has 2 nitrogen and oxygen atoms in total. The first kappa shape index (κ1) is 16.5. The van der Waals surface area contributed by atoms with Gasteiger partial charge in [0.2, 0.25) is 0 Å². The second-order valence-corrected chi connectivity index (χ2v) is 7.37. The van der Waals surface area contributed by atoms with Crippen LogP contribution in [0.3, 0.4) is 0 Å². The first-order chi connectivity index (χ1) is 9.65. The maximum absolute atomic E-state index is 5.98. The zero-order valence-electron chi connectivity index (χ0n) is 12.1. The number of hydrogen-bond donors (Lipinski definition) is 1. The summed E-state index contributed by atoms with van der Waals surface area (Å²) in [7, 11) is 0. The van der Waals surface area contributed by atoms with E-state index in [2.05, 4.69) is 61.9 Å². The van der Waals surface area contributed by atoms with Crippen molar-refractivity contribution < 1.29 is 0 Å². The van der Waals surface area contributed by atoms with Crippen molar-refractivity contribution in [3.05, 3.63) is 32.7 Å². The van der Waals surface area contributed by atoms with E-state index in [1.54, 1.807) is 0 Å². The highest BCUT2D eigenvalue weighted by molar-refractivity contribution is 9.13. The van der Waals surface area contributed by atoms with Gasteiger partial charge in [-0.15, -0.1) is 0 Å². The molecule has 0 heterocycles. The minimum atomic E-state index is 0.654. The predicted octanol–water partition coefficient (Wildman–Crippen LogP) is 4.55. The molecule has 0 radical (unpaired) electrons. The Morgan fingerprint density at radius 3 is 2.60 bits per heavy atom. The van der Waals surface area contributed by atoms with E-state index in [0.717, 1.165) is 28.6 Å². The third kappa shape index (κ3) is 4.06. The Bertz CT molecular complexity index is 436. The normalized spacial score (nSPS) is 23.2. The molecule has 1 aromatic rings. The molecule has 0 spiro atoms. The lowest BCUT2D eigenvalue weighted by atomic mass is 9.83. The molecule has 0 amide bonds. The first-order valence-electron chi connectivity index (χ1n) is 7.53. The zero-order chi connectivity index (χ0) is 14.5. The Morgan fingerprint density at radius 2 is 1.95 bits per heavy atom. The Balaban J connectivity index is 2.09. The Morgan fingerprint density at radius 1 is 1.20 bits per heavy atom. The second-order valence-electron chi connectivity index (χ2n) is 5.66. The predicted molar refractivity (Wildman–Crippen MR) is 92.7 cm³/mol. The van der Waals surface area contributed by atoms with Crippen LogP contribution in [0.1, 0.15) is 38.2 Å². The van der Waals surface area contributed by atoms with E-state index in [-0.39, 0.29) is 0 Å². The van der Waals surface area contributed by atoms with Crippen LogP contribution < -0.4 is 5.73 Å². The van der Waals surface area contributed by atoms with Gasteiger partial charge in [0.1, 0.15) is 0 Å². The van der Waals surface area contributed by atoms with Crippen LogP contribution in [0.15, 0.2) is 27.1 Å². The van der Waals surface area contributed by atoms with Gasteiger partial charge in [0, 0.05) is 21.5 Å². The number of halogens is 2. The molecular weight excluding hydrogens is 380 g/mol. The summed E-state index contributed by atoms with van der Waals surface area (Å²) < 4.78 is 2.24. The molecule has 0 aliphatic heterocycles. The number of nitrogens with two attached hydrogens (primary N) is 1. The van der Waals surface area contributed by atoms with Crippen LogP contribution >= 0.6 is 31.9 Å². The maximum Gasteiger partial charge on any atom is 0.0320 e. The average molecular weight is 404 g/mol. The van der Waals surface area contributed by atoms with E-state index in [1.165, 1.54) is 31.2 Å². The molecule has 20 heavy (non-hydrogen) atoms. The van der Waals surface area contributed by atoms with Crippen LogP contribution in [0.4, 0.5) is 0 Å². The second kappa shape index (κ2) is 7.92.